The molecular formula is C27H18N4O6. The van der Waals surface area contributed by atoms with Gasteiger partial charge in [0.05, 0.1) is 29.2 Å². The van der Waals surface area contributed by atoms with Crippen molar-refractivity contribution in [3.8, 4) is 28.4 Å². The van der Waals surface area contributed by atoms with Crippen molar-refractivity contribution in [2.24, 2.45) is 10.2 Å². The average molecular weight is 494 g/mol. The Kier molecular flexibility index (Phi) is 6.13. The predicted octanol–water partition coefficient (Wildman–Crippen LogP) is 6.16. The SMILES string of the molecule is COc1cc(C=NN=C2c3ccccc3-c3ccccc32)ccc1Oc1ccc([N+](=O)[O-])cc1[N+](=O)[O-]. The molecule has 0 heterocycles. The van der Waals surface area contributed by atoms with Gasteiger partial charge in [0.2, 0.25) is 5.75 Å². The molecule has 4 aromatic carbocycles. The molecule has 37 heavy (non-hydrogen) atoms. The quantitative estimate of drug-likeness (QED) is 0.151. The van der Waals surface area contributed by atoms with Gasteiger partial charge in [0, 0.05) is 17.2 Å². The molecule has 0 fully saturated rings. The van der Waals surface area contributed by atoms with Gasteiger partial charge in [0.25, 0.3) is 5.69 Å². The van der Waals surface area contributed by atoms with E-state index in [9.17, 15) is 20.2 Å². The van der Waals surface area contributed by atoms with Crippen LogP contribution in [0.5, 0.6) is 17.2 Å². The molecule has 5 rings (SSSR count). The van der Waals surface area contributed by atoms with E-state index < -0.39 is 21.2 Å². The zero-order valence-corrected chi connectivity index (χ0v) is 19.4. The first-order valence-corrected chi connectivity index (χ1v) is 11.0. The zero-order valence-electron chi connectivity index (χ0n) is 19.4. The van der Waals surface area contributed by atoms with Crippen LogP contribution in [0.4, 0.5) is 11.4 Å². The molecule has 10 heteroatoms. The summed E-state index contributed by atoms with van der Waals surface area (Å²) in [6.45, 7) is 0. The summed E-state index contributed by atoms with van der Waals surface area (Å²) in [7, 11) is 1.43. The molecule has 1 aliphatic rings. The molecule has 0 aromatic heterocycles. The van der Waals surface area contributed by atoms with Crippen LogP contribution in [0.2, 0.25) is 0 Å². The third-order valence-corrected chi connectivity index (χ3v) is 5.78. The van der Waals surface area contributed by atoms with E-state index in [1.54, 1.807) is 24.4 Å². The number of methoxy groups -OCH3 is 1. The molecule has 0 N–H and O–H groups in total. The summed E-state index contributed by atoms with van der Waals surface area (Å²) in [6.07, 6.45) is 1.57. The summed E-state index contributed by atoms with van der Waals surface area (Å²) in [4.78, 5) is 20.9. The Morgan fingerprint density at radius 1 is 0.730 bits per heavy atom. The number of rotatable bonds is 7. The monoisotopic (exact) mass is 494 g/mol. The average Bonchev–Trinajstić information content (AvgIpc) is 3.23. The van der Waals surface area contributed by atoms with Gasteiger partial charge in [-0.15, -0.1) is 5.10 Å². The van der Waals surface area contributed by atoms with Gasteiger partial charge >= 0.3 is 5.69 Å². The molecule has 0 aliphatic heterocycles. The lowest BCUT2D eigenvalue weighted by molar-refractivity contribution is -0.394. The lowest BCUT2D eigenvalue weighted by atomic mass is 10.1. The van der Waals surface area contributed by atoms with Gasteiger partial charge in [0.15, 0.2) is 11.5 Å². The summed E-state index contributed by atoms with van der Waals surface area (Å²) in [5.74, 6) is 0.336. The summed E-state index contributed by atoms with van der Waals surface area (Å²) in [5, 5.41) is 31.2. The van der Waals surface area contributed by atoms with Crippen molar-refractivity contribution in [1.82, 2.24) is 0 Å². The van der Waals surface area contributed by atoms with Crippen molar-refractivity contribution in [1.29, 1.82) is 0 Å². The smallest absolute Gasteiger partial charge is 0.318 e. The number of nitro benzene ring substituents is 2. The number of fused-ring (bicyclic) bond motifs is 3. The van der Waals surface area contributed by atoms with Crippen LogP contribution in [-0.4, -0.2) is 28.9 Å². The van der Waals surface area contributed by atoms with E-state index in [-0.39, 0.29) is 11.5 Å². The minimum Gasteiger partial charge on any atom is -0.493 e. The Morgan fingerprint density at radius 3 is 1.95 bits per heavy atom. The molecular weight excluding hydrogens is 476 g/mol. The Morgan fingerprint density at radius 2 is 1.35 bits per heavy atom. The molecule has 1 aliphatic carbocycles. The second-order valence-electron chi connectivity index (χ2n) is 7.96. The minimum absolute atomic E-state index is 0.153. The number of ether oxygens (including phenoxy) is 2. The number of non-ortho nitro benzene ring substituents is 1. The number of nitro groups is 2. The van der Waals surface area contributed by atoms with Crippen LogP contribution in [0.3, 0.4) is 0 Å². The predicted molar refractivity (Wildman–Crippen MR) is 138 cm³/mol. The van der Waals surface area contributed by atoms with E-state index in [2.05, 4.69) is 22.3 Å². The molecule has 0 spiro atoms. The van der Waals surface area contributed by atoms with Crippen LogP contribution in [0.1, 0.15) is 16.7 Å². The highest BCUT2D eigenvalue weighted by molar-refractivity contribution is 6.24. The van der Waals surface area contributed by atoms with Gasteiger partial charge in [-0.05, 0) is 41.0 Å². The summed E-state index contributed by atoms with van der Waals surface area (Å²) in [5.41, 5.74) is 4.72. The Bertz CT molecular complexity index is 1570. The Balaban J connectivity index is 1.42. The first-order valence-electron chi connectivity index (χ1n) is 11.0. The normalized spacial score (nSPS) is 11.6. The maximum Gasteiger partial charge on any atom is 0.318 e. The fourth-order valence-corrected chi connectivity index (χ4v) is 4.07. The van der Waals surface area contributed by atoms with E-state index in [1.165, 1.54) is 13.2 Å². The minimum atomic E-state index is -0.742. The first-order chi connectivity index (χ1) is 18.0. The molecule has 182 valence electrons. The first kappa shape index (κ1) is 23.4. The van der Waals surface area contributed by atoms with Crippen molar-refractivity contribution < 1.29 is 19.3 Å². The number of nitrogens with zero attached hydrogens (tertiary/aromatic N) is 4. The van der Waals surface area contributed by atoms with Gasteiger partial charge in [-0.25, -0.2) is 0 Å². The highest BCUT2D eigenvalue weighted by Crippen LogP contribution is 2.39. The third kappa shape index (κ3) is 4.50. The highest BCUT2D eigenvalue weighted by Gasteiger charge is 2.24. The summed E-state index contributed by atoms with van der Waals surface area (Å²) >= 11 is 0. The van der Waals surface area contributed by atoms with Gasteiger partial charge in [-0.3, -0.25) is 20.2 Å². The van der Waals surface area contributed by atoms with Gasteiger partial charge in [-0.2, -0.15) is 5.10 Å². The van der Waals surface area contributed by atoms with Crippen LogP contribution in [0, 0.1) is 20.2 Å². The maximum atomic E-state index is 11.4. The lowest BCUT2D eigenvalue weighted by Crippen LogP contribution is -1.98. The van der Waals surface area contributed by atoms with Crippen molar-refractivity contribution in [2.45, 2.75) is 0 Å². The highest BCUT2D eigenvalue weighted by atomic mass is 16.6. The van der Waals surface area contributed by atoms with E-state index in [4.69, 9.17) is 9.47 Å². The molecule has 0 radical (unpaired) electrons. The van der Waals surface area contributed by atoms with Crippen molar-refractivity contribution in [3.63, 3.8) is 0 Å². The molecule has 0 bridgehead atoms. The van der Waals surface area contributed by atoms with Crippen LogP contribution in [0.15, 0.2) is 95.1 Å². The maximum absolute atomic E-state index is 11.4. The van der Waals surface area contributed by atoms with Crippen molar-refractivity contribution in [2.75, 3.05) is 7.11 Å². The van der Waals surface area contributed by atoms with Gasteiger partial charge in [0.1, 0.15) is 5.71 Å². The topological polar surface area (TPSA) is 129 Å². The molecule has 0 atom stereocenters. The molecule has 0 amide bonds. The van der Waals surface area contributed by atoms with Crippen LogP contribution in [-0.2, 0) is 0 Å². The van der Waals surface area contributed by atoms with Crippen LogP contribution < -0.4 is 9.47 Å². The van der Waals surface area contributed by atoms with Crippen LogP contribution >= 0.6 is 0 Å². The fraction of sp³-hybridized carbons (Fsp3) is 0.0370. The van der Waals surface area contributed by atoms with Crippen LogP contribution in [0.25, 0.3) is 11.1 Å². The zero-order chi connectivity index (χ0) is 25.9. The Labute approximate surface area is 210 Å². The lowest BCUT2D eigenvalue weighted by Gasteiger charge is -2.11. The Hall–Kier alpha value is -5.38. The summed E-state index contributed by atoms with van der Waals surface area (Å²) < 4.78 is 11.1. The fourth-order valence-electron chi connectivity index (χ4n) is 4.07. The van der Waals surface area contributed by atoms with E-state index in [0.717, 1.165) is 40.1 Å². The number of benzene rings is 4. The molecule has 0 saturated carbocycles. The van der Waals surface area contributed by atoms with Crippen molar-refractivity contribution in [3.05, 3.63) is 122 Å². The van der Waals surface area contributed by atoms with Crippen molar-refractivity contribution >= 4 is 23.3 Å². The third-order valence-electron chi connectivity index (χ3n) is 5.78. The number of hydrogen-bond donors (Lipinski definition) is 0. The van der Waals surface area contributed by atoms with E-state index >= 15 is 0 Å². The molecule has 0 saturated heterocycles. The second-order valence-corrected chi connectivity index (χ2v) is 7.96. The van der Waals surface area contributed by atoms with Gasteiger partial charge < -0.3 is 9.47 Å². The largest absolute Gasteiger partial charge is 0.493 e. The van der Waals surface area contributed by atoms with Gasteiger partial charge in [-0.1, -0.05) is 48.5 Å². The second kappa shape index (κ2) is 9.70. The summed E-state index contributed by atoms with van der Waals surface area (Å²) in [6, 6.07) is 24.1. The molecule has 10 nitrogen and oxygen atoms in total. The standard InChI is InChI=1S/C27H18N4O6/c1-36-26-14-17(10-12-25(26)37-24-13-11-18(30(32)33)15-23(24)31(34)35)16-28-29-27-21-8-4-2-6-19(21)20-7-3-5-9-22(20)27/h2-16H,1H3. The number of hydrogen-bond acceptors (Lipinski definition) is 8. The van der Waals surface area contributed by atoms with E-state index in [0.29, 0.717) is 11.3 Å². The molecule has 4 aromatic rings. The molecule has 0 unspecified atom stereocenters. The van der Waals surface area contributed by atoms with E-state index in [1.807, 2.05) is 36.4 Å².